The molecule has 6 heteroatoms. The molecule has 2 aromatic carbocycles. The van der Waals surface area contributed by atoms with Gasteiger partial charge in [0, 0.05) is 11.1 Å². The first kappa shape index (κ1) is 23.5. The fraction of sp³-hybridized carbons (Fsp3) is 0. The highest BCUT2D eigenvalue weighted by Crippen LogP contribution is 2.34. The van der Waals surface area contributed by atoms with E-state index in [1.807, 2.05) is 109 Å². The van der Waals surface area contributed by atoms with Crippen LogP contribution in [-0.4, -0.2) is 35.4 Å². The normalized spacial score (nSPS) is 19.0. The highest BCUT2D eigenvalue weighted by atomic mass is 16.1. The van der Waals surface area contributed by atoms with Crippen molar-refractivity contribution in [2.24, 2.45) is 20.0 Å². The lowest BCUT2D eigenvalue weighted by atomic mass is 9.99. The van der Waals surface area contributed by atoms with Gasteiger partial charge in [-0.2, -0.15) is 0 Å². The van der Waals surface area contributed by atoms with Crippen LogP contribution in [0.1, 0.15) is 11.1 Å². The molecule has 188 valence electrons. The molecule has 40 heavy (non-hydrogen) atoms. The topological polar surface area (TPSA) is 83.6 Å². The van der Waals surface area contributed by atoms with E-state index in [1.165, 1.54) is 0 Å². The van der Waals surface area contributed by atoms with Gasteiger partial charge in [-0.1, -0.05) is 60.7 Å². The largest absolute Gasteiger partial charge is 0.298 e. The Hall–Kier alpha value is -5.62. The molecule has 8 bridgehead atoms. The van der Waals surface area contributed by atoms with E-state index in [0.717, 1.165) is 34.8 Å². The first-order valence-electron chi connectivity index (χ1n) is 12.8. The number of hydrogen-bond acceptors (Lipinski definition) is 6. The number of nitrogens with zero attached hydrogens (tertiary/aromatic N) is 4. The van der Waals surface area contributed by atoms with E-state index in [4.69, 9.17) is 20.0 Å². The molecule has 0 saturated heterocycles. The highest BCUT2D eigenvalue weighted by Gasteiger charge is 2.26. The van der Waals surface area contributed by atoms with Crippen molar-refractivity contribution in [1.82, 2.24) is 0 Å². The summed E-state index contributed by atoms with van der Waals surface area (Å²) in [4.78, 5) is 44.2. The van der Waals surface area contributed by atoms with Crippen LogP contribution in [0.5, 0.6) is 0 Å². The first-order chi connectivity index (χ1) is 19.7. The zero-order valence-corrected chi connectivity index (χ0v) is 21.2. The SMILES string of the molecule is O=CC1=C2C=CC(=N2)C(c2ccccc2)=C2C=CC(=N2)C(C=O)=C2C=CC(=N2)C(c2ccccc2)=C2C=CC1=N2. The molecule has 5 aliphatic rings. The summed E-state index contributed by atoms with van der Waals surface area (Å²) in [7, 11) is 0. The van der Waals surface area contributed by atoms with Crippen molar-refractivity contribution in [2.75, 3.05) is 0 Å². The van der Waals surface area contributed by atoms with Crippen LogP contribution in [0.15, 0.2) is 163 Å². The van der Waals surface area contributed by atoms with Crippen molar-refractivity contribution in [3.05, 3.63) is 154 Å². The van der Waals surface area contributed by atoms with E-state index in [2.05, 4.69) is 0 Å². The van der Waals surface area contributed by atoms with E-state index in [9.17, 15) is 9.59 Å². The van der Waals surface area contributed by atoms with Gasteiger partial charge in [0.2, 0.25) is 0 Å². The van der Waals surface area contributed by atoms with Gasteiger partial charge >= 0.3 is 0 Å². The number of aliphatic imine (C=N–C) groups is 4. The second-order valence-electron chi connectivity index (χ2n) is 9.41. The molecular weight excluding hydrogens is 496 g/mol. The van der Waals surface area contributed by atoms with Crippen LogP contribution < -0.4 is 0 Å². The molecule has 7 rings (SSSR count). The Bertz CT molecular complexity index is 1740. The third-order valence-corrected chi connectivity index (χ3v) is 7.05. The van der Waals surface area contributed by atoms with Crippen LogP contribution in [0.4, 0.5) is 0 Å². The van der Waals surface area contributed by atoms with E-state index in [-0.39, 0.29) is 0 Å². The minimum Gasteiger partial charge on any atom is -0.298 e. The maximum Gasteiger partial charge on any atom is 0.154 e. The number of allylic oxidation sites excluding steroid dienone is 12. The van der Waals surface area contributed by atoms with Crippen LogP contribution in [0.2, 0.25) is 0 Å². The maximum atomic E-state index is 12.4. The molecule has 0 atom stereocenters. The Balaban J connectivity index is 1.54. The molecule has 0 saturated carbocycles. The fourth-order valence-electron chi connectivity index (χ4n) is 5.17. The molecule has 0 aliphatic carbocycles. The predicted octanol–water partition coefficient (Wildman–Crippen LogP) is 5.77. The van der Waals surface area contributed by atoms with E-state index < -0.39 is 0 Å². The standard InChI is InChI=1S/C34H20N4O2/c39-19-23-25-11-15-29(35-25)33(21-7-3-1-4-8-21)30-16-12-26(36-30)24(20-40)28-14-18-32(38-28)34(22-9-5-2-6-10-22)31-17-13-27(23)37-31/h1-20H. The molecule has 0 unspecified atom stereocenters. The van der Waals surface area contributed by atoms with Crippen LogP contribution in [0.3, 0.4) is 0 Å². The molecule has 6 nitrogen and oxygen atoms in total. The Morgan fingerprint density at radius 2 is 0.750 bits per heavy atom. The number of benzene rings is 2. The Morgan fingerprint density at radius 1 is 0.400 bits per heavy atom. The summed E-state index contributed by atoms with van der Waals surface area (Å²) in [5.41, 5.74) is 9.00. The molecule has 2 aromatic rings. The van der Waals surface area contributed by atoms with Gasteiger partial charge in [-0.25, -0.2) is 20.0 Å². The summed E-state index contributed by atoms with van der Waals surface area (Å²) >= 11 is 0. The van der Waals surface area contributed by atoms with Crippen molar-refractivity contribution < 1.29 is 9.59 Å². The number of carbonyl (C=O) groups is 2. The monoisotopic (exact) mass is 516 g/mol. The summed E-state index contributed by atoms with van der Waals surface area (Å²) in [5.74, 6) is 0. The number of carbonyl (C=O) groups excluding carboxylic acids is 2. The molecule has 0 N–H and O–H groups in total. The molecule has 0 spiro atoms. The Morgan fingerprint density at radius 3 is 1.15 bits per heavy atom. The third-order valence-electron chi connectivity index (χ3n) is 7.05. The second-order valence-corrected chi connectivity index (χ2v) is 9.41. The van der Waals surface area contributed by atoms with Gasteiger partial charge in [0.15, 0.2) is 12.6 Å². The van der Waals surface area contributed by atoms with Gasteiger partial charge in [0.25, 0.3) is 0 Å². The van der Waals surface area contributed by atoms with Crippen molar-refractivity contribution in [3.63, 3.8) is 0 Å². The average Bonchev–Trinajstić information content (AvgIpc) is 3.81. The summed E-state index contributed by atoms with van der Waals surface area (Å²) in [5, 5.41) is 0. The Kier molecular flexibility index (Phi) is 5.64. The third kappa shape index (κ3) is 3.90. The van der Waals surface area contributed by atoms with Crippen LogP contribution in [0.25, 0.3) is 11.1 Å². The number of hydrogen-bond donors (Lipinski definition) is 0. The Labute approximate surface area is 230 Å². The number of fused-ring (bicyclic) bond motifs is 4. The van der Waals surface area contributed by atoms with Crippen LogP contribution in [0, 0.1) is 0 Å². The van der Waals surface area contributed by atoms with Crippen molar-refractivity contribution >= 4 is 46.6 Å². The lowest BCUT2D eigenvalue weighted by Crippen LogP contribution is -2.04. The molecule has 0 fully saturated rings. The zero-order chi connectivity index (χ0) is 27.1. The number of rotatable bonds is 4. The van der Waals surface area contributed by atoms with Gasteiger partial charge < -0.3 is 0 Å². The molecular formula is C34H20N4O2. The van der Waals surface area contributed by atoms with Gasteiger partial charge in [-0.05, 0) is 59.7 Å². The zero-order valence-electron chi connectivity index (χ0n) is 21.2. The minimum atomic E-state index is 0.397. The van der Waals surface area contributed by atoms with E-state index in [0.29, 0.717) is 56.8 Å². The number of aldehydes is 2. The highest BCUT2D eigenvalue weighted by molar-refractivity contribution is 6.36. The smallest absolute Gasteiger partial charge is 0.154 e. The summed E-state index contributed by atoms with van der Waals surface area (Å²) in [6.07, 6.45) is 16.4. The summed E-state index contributed by atoms with van der Waals surface area (Å²) < 4.78 is 0. The molecule has 5 heterocycles. The second kappa shape index (κ2) is 9.60. The molecule has 0 amide bonds. The van der Waals surface area contributed by atoms with Crippen molar-refractivity contribution in [3.8, 4) is 0 Å². The molecule has 0 aromatic heterocycles. The van der Waals surface area contributed by atoms with Gasteiger partial charge in [-0.3, -0.25) is 9.59 Å². The summed E-state index contributed by atoms with van der Waals surface area (Å²) in [6.45, 7) is 0. The summed E-state index contributed by atoms with van der Waals surface area (Å²) in [6, 6.07) is 19.6. The van der Waals surface area contributed by atoms with Gasteiger partial charge in [0.1, 0.15) is 0 Å². The van der Waals surface area contributed by atoms with Gasteiger partial charge in [-0.15, -0.1) is 0 Å². The van der Waals surface area contributed by atoms with Crippen molar-refractivity contribution in [2.45, 2.75) is 0 Å². The van der Waals surface area contributed by atoms with Crippen LogP contribution in [-0.2, 0) is 9.59 Å². The van der Waals surface area contributed by atoms with E-state index in [1.54, 1.807) is 0 Å². The van der Waals surface area contributed by atoms with Gasteiger partial charge in [0.05, 0.1) is 56.8 Å². The van der Waals surface area contributed by atoms with E-state index >= 15 is 0 Å². The average molecular weight is 517 g/mol. The minimum absolute atomic E-state index is 0.397. The lowest BCUT2D eigenvalue weighted by molar-refractivity contribution is -0.105. The maximum absolute atomic E-state index is 12.4. The molecule has 5 aliphatic heterocycles. The fourth-order valence-corrected chi connectivity index (χ4v) is 5.17. The first-order valence-corrected chi connectivity index (χ1v) is 12.8. The predicted molar refractivity (Wildman–Crippen MR) is 159 cm³/mol. The quantitative estimate of drug-likeness (QED) is 0.483. The molecule has 0 radical (unpaired) electrons. The van der Waals surface area contributed by atoms with Crippen LogP contribution >= 0.6 is 0 Å². The van der Waals surface area contributed by atoms with Crippen molar-refractivity contribution in [1.29, 1.82) is 0 Å². The lowest BCUT2D eigenvalue weighted by Gasteiger charge is -2.10.